The Hall–Kier alpha value is -1.06. The first-order valence-corrected chi connectivity index (χ1v) is 6.41. The van der Waals surface area contributed by atoms with E-state index in [1.165, 1.54) is 5.56 Å². The van der Waals surface area contributed by atoms with Crippen molar-refractivity contribution in [1.82, 2.24) is 5.32 Å². The van der Waals surface area contributed by atoms with E-state index in [0.29, 0.717) is 13.2 Å². The summed E-state index contributed by atoms with van der Waals surface area (Å²) in [6, 6.07) is 2.00. The Kier molecular flexibility index (Phi) is 5.63. The van der Waals surface area contributed by atoms with E-state index in [0.717, 1.165) is 24.3 Å². The molecule has 0 amide bonds. The summed E-state index contributed by atoms with van der Waals surface area (Å²) in [7, 11) is 0. The fourth-order valence-corrected chi connectivity index (χ4v) is 1.42. The maximum atomic E-state index is 5.58. The molecule has 102 valence electrons. The first kappa shape index (κ1) is 15.0. The fourth-order valence-electron chi connectivity index (χ4n) is 1.42. The topological polar surface area (TPSA) is 34.4 Å². The van der Waals surface area contributed by atoms with E-state index >= 15 is 0 Å². The minimum absolute atomic E-state index is 0.106. The molecule has 0 aliphatic heterocycles. The molecule has 0 aromatic carbocycles. The molecule has 0 atom stereocenters. The molecule has 0 bridgehead atoms. The van der Waals surface area contributed by atoms with Crippen molar-refractivity contribution in [2.45, 2.75) is 52.8 Å². The van der Waals surface area contributed by atoms with Crippen molar-refractivity contribution in [3.8, 4) is 0 Å². The van der Waals surface area contributed by atoms with Crippen LogP contribution < -0.4 is 5.32 Å². The molecule has 1 rings (SSSR count). The zero-order valence-corrected chi connectivity index (χ0v) is 12.0. The van der Waals surface area contributed by atoms with Gasteiger partial charge in [-0.1, -0.05) is 5.57 Å². The van der Waals surface area contributed by atoms with E-state index in [2.05, 4.69) is 32.7 Å². The van der Waals surface area contributed by atoms with Gasteiger partial charge in [-0.3, -0.25) is 0 Å². The van der Waals surface area contributed by atoms with E-state index < -0.39 is 0 Å². The third-order valence-corrected chi connectivity index (χ3v) is 2.55. The lowest BCUT2D eigenvalue weighted by Gasteiger charge is -2.20. The van der Waals surface area contributed by atoms with Crippen LogP contribution in [0.25, 0.3) is 0 Å². The summed E-state index contributed by atoms with van der Waals surface area (Å²) in [5.74, 6) is 0.911. The lowest BCUT2D eigenvalue weighted by molar-refractivity contribution is 0.108. The summed E-state index contributed by atoms with van der Waals surface area (Å²) in [6.45, 7) is 14.3. The highest BCUT2D eigenvalue weighted by atomic mass is 16.5. The molecule has 0 radical (unpaired) electrons. The minimum Gasteiger partial charge on any atom is -0.467 e. The Morgan fingerprint density at radius 1 is 1.44 bits per heavy atom. The molecule has 1 N–H and O–H groups in total. The molecule has 3 heteroatoms. The Morgan fingerprint density at radius 2 is 2.17 bits per heavy atom. The third-order valence-electron chi connectivity index (χ3n) is 2.55. The van der Waals surface area contributed by atoms with Crippen molar-refractivity contribution in [3.63, 3.8) is 0 Å². The molecule has 1 heterocycles. The van der Waals surface area contributed by atoms with Crippen LogP contribution >= 0.6 is 0 Å². The number of ether oxygens (including phenoxy) is 1. The van der Waals surface area contributed by atoms with Gasteiger partial charge in [0.2, 0.25) is 0 Å². The smallest absolute Gasteiger partial charge is 0.133 e. The van der Waals surface area contributed by atoms with Gasteiger partial charge >= 0.3 is 0 Å². The molecule has 0 aliphatic carbocycles. The van der Waals surface area contributed by atoms with Gasteiger partial charge < -0.3 is 14.5 Å². The summed E-state index contributed by atoms with van der Waals surface area (Å²) >= 11 is 0. The second kappa shape index (κ2) is 6.76. The van der Waals surface area contributed by atoms with E-state index in [1.807, 2.05) is 13.0 Å². The van der Waals surface area contributed by atoms with Crippen molar-refractivity contribution < 1.29 is 9.15 Å². The highest BCUT2D eigenvalue weighted by Crippen LogP contribution is 2.13. The monoisotopic (exact) mass is 251 g/mol. The van der Waals surface area contributed by atoms with Crippen molar-refractivity contribution in [1.29, 1.82) is 0 Å². The normalized spacial score (nSPS) is 11.8. The van der Waals surface area contributed by atoms with Crippen LogP contribution in [0.5, 0.6) is 0 Å². The summed E-state index contributed by atoms with van der Waals surface area (Å²) < 4.78 is 11.0. The molecule has 3 nitrogen and oxygen atoms in total. The fraction of sp³-hybridized carbons (Fsp3) is 0.600. The van der Waals surface area contributed by atoms with E-state index in [-0.39, 0.29) is 5.54 Å². The molecule has 0 saturated carbocycles. The SMILES string of the molecule is C=C(C)CCOCc1occc1CNC(C)(C)C. The molecule has 18 heavy (non-hydrogen) atoms. The van der Waals surface area contributed by atoms with Gasteiger partial charge in [0.15, 0.2) is 0 Å². The van der Waals surface area contributed by atoms with Gasteiger partial charge in [0.1, 0.15) is 12.4 Å². The van der Waals surface area contributed by atoms with Gasteiger partial charge in [0.25, 0.3) is 0 Å². The molecule has 1 aromatic heterocycles. The van der Waals surface area contributed by atoms with Gasteiger partial charge in [-0.05, 0) is 40.2 Å². The first-order chi connectivity index (χ1) is 8.38. The van der Waals surface area contributed by atoms with E-state index in [9.17, 15) is 0 Å². The van der Waals surface area contributed by atoms with Crippen LogP contribution in [0.1, 0.15) is 45.4 Å². The summed E-state index contributed by atoms with van der Waals surface area (Å²) in [5.41, 5.74) is 2.42. The molecular weight excluding hydrogens is 226 g/mol. The zero-order chi connectivity index (χ0) is 13.6. The number of hydrogen-bond donors (Lipinski definition) is 1. The van der Waals surface area contributed by atoms with Crippen LogP contribution in [-0.2, 0) is 17.9 Å². The van der Waals surface area contributed by atoms with Crippen molar-refractivity contribution >= 4 is 0 Å². The van der Waals surface area contributed by atoms with Crippen LogP contribution in [0.3, 0.4) is 0 Å². The maximum absolute atomic E-state index is 5.58. The number of nitrogens with one attached hydrogen (secondary N) is 1. The molecule has 0 saturated heterocycles. The molecule has 0 unspecified atom stereocenters. The van der Waals surface area contributed by atoms with Crippen LogP contribution in [0, 0.1) is 0 Å². The van der Waals surface area contributed by atoms with Gasteiger partial charge in [0.05, 0.1) is 12.9 Å². The molecule has 0 spiro atoms. The Bertz CT molecular complexity index is 374. The molecule has 0 aliphatic rings. The van der Waals surface area contributed by atoms with Gasteiger partial charge in [-0.25, -0.2) is 0 Å². The van der Waals surface area contributed by atoms with E-state index in [4.69, 9.17) is 9.15 Å². The standard InChI is InChI=1S/C15H25NO2/c1-12(2)6-8-17-11-14-13(7-9-18-14)10-16-15(3,4)5/h7,9,16H,1,6,8,10-11H2,2-5H3. The predicted molar refractivity (Wildman–Crippen MR) is 74.4 cm³/mol. The average molecular weight is 251 g/mol. The highest BCUT2D eigenvalue weighted by molar-refractivity contribution is 5.16. The molecule has 1 aromatic rings. The maximum Gasteiger partial charge on any atom is 0.133 e. The third kappa shape index (κ3) is 6.03. The summed E-state index contributed by atoms with van der Waals surface area (Å²) in [6.07, 6.45) is 2.62. The Balaban J connectivity index is 2.37. The first-order valence-electron chi connectivity index (χ1n) is 6.41. The van der Waals surface area contributed by atoms with Crippen LogP contribution in [0.15, 0.2) is 28.9 Å². The zero-order valence-electron chi connectivity index (χ0n) is 12.0. The van der Waals surface area contributed by atoms with Gasteiger partial charge in [0, 0.05) is 17.6 Å². The lowest BCUT2D eigenvalue weighted by atomic mass is 10.1. The van der Waals surface area contributed by atoms with Crippen molar-refractivity contribution in [2.75, 3.05) is 6.61 Å². The molecular formula is C15H25NO2. The Morgan fingerprint density at radius 3 is 2.78 bits per heavy atom. The number of rotatable bonds is 7. The van der Waals surface area contributed by atoms with Crippen LogP contribution in [0.4, 0.5) is 0 Å². The van der Waals surface area contributed by atoms with Gasteiger partial charge in [-0.2, -0.15) is 0 Å². The van der Waals surface area contributed by atoms with Crippen LogP contribution in [0.2, 0.25) is 0 Å². The lowest BCUT2D eigenvalue weighted by Crippen LogP contribution is -2.35. The quantitative estimate of drug-likeness (QED) is 0.593. The Labute approximate surface area is 110 Å². The summed E-state index contributed by atoms with van der Waals surface area (Å²) in [4.78, 5) is 0. The van der Waals surface area contributed by atoms with E-state index in [1.54, 1.807) is 6.26 Å². The second-order valence-electron chi connectivity index (χ2n) is 5.73. The second-order valence-corrected chi connectivity index (χ2v) is 5.73. The predicted octanol–water partition coefficient (Wildman–Crippen LogP) is 3.65. The minimum atomic E-state index is 0.106. The van der Waals surface area contributed by atoms with Crippen molar-refractivity contribution in [2.24, 2.45) is 0 Å². The molecule has 0 fully saturated rings. The largest absolute Gasteiger partial charge is 0.467 e. The van der Waals surface area contributed by atoms with Crippen LogP contribution in [-0.4, -0.2) is 12.1 Å². The number of furan rings is 1. The van der Waals surface area contributed by atoms with Gasteiger partial charge in [-0.15, -0.1) is 6.58 Å². The van der Waals surface area contributed by atoms with Crippen molar-refractivity contribution in [3.05, 3.63) is 35.8 Å². The average Bonchev–Trinajstić information content (AvgIpc) is 2.68. The highest BCUT2D eigenvalue weighted by Gasteiger charge is 2.12. The number of hydrogen-bond acceptors (Lipinski definition) is 3. The summed E-state index contributed by atoms with van der Waals surface area (Å²) in [5, 5.41) is 3.44.